The predicted molar refractivity (Wildman–Crippen MR) is 72.9 cm³/mol. The molecule has 1 fully saturated rings. The fourth-order valence-corrected chi connectivity index (χ4v) is 3.39. The van der Waals surface area contributed by atoms with Gasteiger partial charge in [0, 0.05) is 22.9 Å². The molecule has 0 spiro atoms. The first-order valence-corrected chi connectivity index (χ1v) is 7.62. The van der Waals surface area contributed by atoms with Crippen molar-refractivity contribution in [1.82, 2.24) is 5.32 Å². The van der Waals surface area contributed by atoms with Gasteiger partial charge in [0.2, 0.25) is 0 Å². The minimum atomic E-state index is -0.381. The minimum Gasteiger partial charge on any atom is -0.307 e. The van der Waals surface area contributed by atoms with Gasteiger partial charge in [0.25, 0.3) is 0 Å². The van der Waals surface area contributed by atoms with Gasteiger partial charge in [0.15, 0.2) is 0 Å². The highest BCUT2D eigenvalue weighted by molar-refractivity contribution is 7.99. The van der Waals surface area contributed by atoms with E-state index in [9.17, 15) is 8.78 Å². The molecule has 1 aliphatic carbocycles. The topological polar surface area (TPSA) is 12.0 Å². The zero-order valence-electron chi connectivity index (χ0n) is 10.7. The van der Waals surface area contributed by atoms with E-state index in [1.807, 2.05) is 18.7 Å². The predicted octanol–water partition coefficient (Wildman–Crippen LogP) is 3.90. The fourth-order valence-electron chi connectivity index (χ4n) is 2.60. The van der Waals surface area contributed by atoms with Crippen LogP contribution in [-0.4, -0.2) is 17.5 Å². The van der Waals surface area contributed by atoms with Crippen LogP contribution in [0.3, 0.4) is 0 Å². The van der Waals surface area contributed by atoms with E-state index in [4.69, 9.17) is 0 Å². The van der Waals surface area contributed by atoms with E-state index < -0.39 is 0 Å². The molecule has 0 radical (unpaired) electrons. The zero-order chi connectivity index (χ0) is 13.1. The largest absolute Gasteiger partial charge is 0.307 e. The Hall–Kier alpha value is -0.610. The van der Waals surface area contributed by atoms with E-state index in [1.165, 1.54) is 18.6 Å². The quantitative estimate of drug-likeness (QED) is 0.891. The molecule has 0 aliphatic heterocycles. The third kappa shape index (κ3) is 3.23. The second-order valence-electron chi connectivity index (χ2n) is 4.92. The van der Waals surface area contributed by atoms with Crippen LogP contribution in [0.1, 0.15) is 37.8 Å². The van der Waals surface area contributed by atoms with Crippen molar-refractivity contribution < 1.29 is 8.78 Å². The van der Waals surface area contributed by atoms with E-state index >= 15 is 0 Å². The molecule has 0 amide bonds. The Morgan fingerprint density at radius 2 is 2.11 bits per heavy atom. The van der Waals surface area contributed by atoms with Gasteiger partial charge in [0.05, 0.1) is 0 Å². The van der Waals surface area contributed by atoms with Crippen LogP contribution >= 0.6 is 11.8 Å². The average Bonchev–Trinajstić information content (AvgIpc) is 2.80. The lowest BCUT2D eigenvalue weighted by Gasteiger charge is -2.20. The Labute approximate surface area is 111 Å². The number of hydrogen-bond acceptors (Lipinski definition) is 2. The van der Waals surface area contributed by atoms with Gasteiger partial charge in [0.1, 0.15) is 11.6 Å². The highest BCUT2D eigenvalue weighted by atomic mass is 32.2. The van der Waals surface area contributed by atoms with E-state index in [0.717, 1.165) is 18.9 Å². The lowest BCUT2D eigenvalue weighted by Crippen LogP contribution is -2.30. The van der Waals surface area contributed by atoms with Crippen molar-refractivity contribution in [2.75, 3.05) is 6.26 Å². The third-order valence-electron chi connectivity index (χ3n) is 3.63. The van der Waals surface area contributed by atoms with Crippen LogP contribution in [0.4, 0.5) is 8.78 Å². The van der Waals surface area contributed by atoms with E-state index in [-0.39, 0.29) is 17.7 Å². The summed E-state index contributed by atoms with van der Waals surface area (Å²) in [5, 5.41) is 4.11. The maximum Gasteiger partial charge on any atom is 0.128 e. The summed E-state index contributed by atoms with van der Waals surface area (Å²) in [5.41, 5.74) is 0.419. The van der Waals surface area contributed by atoms with Crippen molar-refractivity contribution in [2.24, 2.45) is 0 Å². The number of halogens is 2. The molecule has 1 aliphatic rings. The molecular weight excluding hydrogens is 252 g/mol. The summed E-state index contributed by atoms with van der Waals surface area (Å²) in [6.07, 6.45) is 5.56. The van der Waals surface area contributed by atoms with Gasteiger partial charge in [-0.05, 0) is 50.6 Å². The van der Waals surface area contributed by atoms with Crippen molar-refractivity contribution >= 4 is 11.8 Å². The second-order valence-corrected chi connectivity index (χ2v) is 6.06. The van der Waals surface area contributed by atoms with Crippen LogP contribution in [0.15, 0.2) is 18.2 Å². The normalized spacial score (nSPS) is 25.3. The lowest BCUT2D eigenvalue weighted by atomic mass is 10.1. The number of rotatable bonds is 4. The molecule has 1 nitrogen and oxygen atoms in total. The molecule has 100 valence electrons. The molecule has 3 unspecified atom stereocenters. The van der Waals surface area contributed by atoms with Gasteiger partial charge < -0.3 is 5.32 Å². The second kappa shape index (κ2) is 6.02. The molecule has 3 atom stereocenters. The van der Waals surface area contributed by atoms with Gasteiger partial charge in [-0.15, -0.1) is 0 Å². The van der Waals surface area contributed by atoms with Crippen molar-refractivity contribution in [2.45, 2.75) is 43.5 Å². The van der Waals surface area contributed by atoms with Gasteiger partial charge in [-0.2, -0.15) is 11.8 Å². The molecule has 0 aromatic heterocycles. The summed E-state index contributed by atoms with van der Waals surface area (Å²) >= 11 is 1.89. The Bertz CT molecular complexity index is 411. The van der Waals surface area contributed by atoms with Gasteiger partial charge in [-0.1, -0.05) is 0 Å². The molecule has 18 heavy (non-hydrogen) atoms. The molecule has 2 rings (SSSR count). The van der Waals surface area contributed by atoms with Crippen molar-refractivity contribution in [3.63, 3.8) is 0 Å². The number of benzene rings is 1. The van der Waals surface area contributed by atoms with Gasteiger partial charge in [-0.3, -0.25) is 0 Å². The lowest BCUT2D eigenvalue weighted by molar-refractivity contribution is 0.445. The summed E-state index contributed by atoms with van der Waals surface area (Å²) in [6.45, 7) is 1.89. The number of hydrogen-bond donors (Lipinski definition) is 1. The molecule has 0 bridgehead atoms. The fraction of sp³-hybridized carbons (Fsp3) is 0.571. The molecule has 1 aromatic carbocycles. The number of thioether (sulfide) groups is 1. The SMILES string of the molecule is CSC1CCC(NC(C)c2cc(F)ccc2F)C1. The molecular formula is C14H19F2NS. The van der Waals surface area contributed by atoms with Gasteiger partial charge in [-0.25, -0.2) is 8.78 Å². The zero-order valence-corrected chi connectivity index (χ0v) is 11.6. The highest BCUT2D eigenvalue weighted by Gasteiger charge is 2.25. The third-order valence-corrected chi connectivity index (χ3v) is 4.72. The molecule has 1 N–H and O–H groups in total. The average molecular weight is 271 g/mol. The molecule has 4 heteroatoms. The monoisotopic (exact) mass is 271 g/mol. The van der Waals surface area contributed by atoms with E-state index in [0.29, 0.717) is 16.9 Å². The number of nitrogens with one attached hydrogen (secondary N) is 1. The maximum absolute atomic E-state index is 13.6. The Kier molecular flexibility index (Phi) is 4.62. The Balaban J connectivity index is 1.99. The minimum absolute atomic E-state index is 0.147. The highest BCUT2D eigenvalue weighted by Crippen LogP contribution is 2.30. The van der Waals surface area contributed by atoms with Crippen LogP contribution in [0.25, 0.3) is 0 Å². The van der Waals surface area contributed by atoms with Crippen LogP contribution in [0, 0.1) is 11.6 Å². The molecule has 0 saturated heterocycles. The first-order valence-electron chi connectivity index (χ1n) is 6.34. The first-order chi connectivity index (χ1) is 8.60. The smallest absolute Gasteiger partial charge is 0.128 e. The summed E-state index contributed by atoms with van der Waals surface area (Å²) in [5.74, 6) is -0.718. The van der Waals surface area contributed by atoms with Gasteiger partial charge >= 0.3 is 0 Å². The first kappa shape index (κ1) is 13.8. The van der Waals surface area contributed by atoms with Crippen LogP contribution in [0.5, 0.6) is 0 Å². The molecule has 1 aromatic rings. The van der Waals surface area contributed by atoms with Crippen molar-refractivity contribution in [1.29, 1.82) is 0 Å². The molecule has 1 saturated carbocycles. The van der Waals surface area contributed by atoms with Crippen LogP contribution < -0.4 is 5.32 Å². The van der Waals surface area contributed by atoms with Crippen molar-refractivity contribution in [3.05, 3.63) is 35.4 Å². The van der Waals surface area contributed by atoms with E-state index in [2.05, 4.69) is 11.6 Å². The summed E-state index contributed by atoms with van der Waals surface area (Å²) in [6, 6.07) is 3.91. The summed E-state index contributed by atoms with van der Waals surface area (Å²) in [7, 11) is 0. The Morgan fingerprint density at radius 1 is 1.33 bits per heavy atom. The summed E-state index contributed by atoms with van der Waals surface area (Å²) < 4.78 is 26.8. The van der Waals surface area contributed by atoms with Crippen LogP contribution in [0.2, 0.25) is 0 Å². The van der Waals surface area contributed by atoms with Crippen molar-refractivity contribution in [3.8, 4) is 0 Å². The Morgan fingerprint density at radius 3 is 2.78 bits per heavy atom. The van der Waals surface area contributed by atoms with E-state index in [1.54, 1.807) is 0 Å². The summed E-state index contributed by atoms with van der Waals surface area (Å²) in [4.78, 5) is 0. The molecule has 0 heterocycles. The maximum atomic E-state index is 13.6. The standard InChI is InChI=1S/C14H19F2NS/c1-9(13-7-10(15)3-6-14(13)16)17-11-4-5-12(8-11)18-2/h3,6-7,9,11-12,17H,4-5,8H2,1-2H3. The van der Waals surface area contributed by atoms with Crippen LogP contribution in [-0.2, 0) is 0 Å².